The highest BCUT2D eigenvalue weighted by Gasteiger charge is 2.24. The molecule has 1 rings (SSSR count). The Morgan fingerprint density at radius 1 is 1.33 bits per heavy atom. The van der Waals surface area contributed by atoms with Crippen LogP contribution in [0.15, 0.2) is 0 Å². The summed E-state index contributed by atoms with van der Waals surface area (Å²) in [5, 5.41) is 0. The van der Waals surface area contributed by atoms with Gasteiger partial charge in [0, 0.05) is 19.8 Å². The fourth-order valence-electron chi connectivity index (χ4n) is 2.72. The third-order valence-electron chi connectivity index (χ3n) is 3.54. The van der Waals surface area contributed by atoms with Crippen LogP contribution in [0.5, 0.6) is 0 Å². The molecular formula is C12H26N2O. The van der Waals surface area contributed by atoms with Gasteiger partial charge in [0.25, 0.3) is 0 Å². The van der Waals surface area contributed by atoms with Gasteiger partial charge in [-0.05, 0) is 31.1 Å². The van der Waals surface area contributed by atoms with Gasteiger partial charge in [-0.1, -0.05) is 26.2 Å². The molecule has 1 fully saturated rings. The topological polar surface area (TPSA) is 47.3 Å². The highest BCUT2D eigenvalue weighted by atomic mass is 16.5. The first kappa shape index (κ1) is 12.9. The summed E-state index contributed by atoms with van der Waals surface area (Å²) in [5.41, 5.74) is 3.01. The highest BCUT2D eigenvalue weighted by molar-refractivity contribution is 4.79. The van der Waals surface area contributed by atoms with E-state index in [0.717, 1.165) is 18.9 Å². The molecule has 3 heteroatoms. The van der Waals surface area contributed by atoms with E-state index in [1.165, 1.54) is 32.1 Å². The summed E-state index contributed by atoms with van der Waals surface area (Å²) in [4.78, 5) is 0. The molecule has 0 spiro atoms. The van der Waals surface area contributed by atoms with E-state index >= 15 is 0 Å². The van der Waals surface area contributed by atoms with Gasteiger partial charge in [-0.15, -0.1) is 0 Å². The van der Waals surface area contributed by atoms with Crippen molar-refractivity contribution in [3.05, 3.63) is 0 Å². The van der Waals surface area contributed by atoms with Crippen LogP contribution in [0.2, 0.25) is 0 Å². The zero-order chi connectivity index (χ0) is 11.1. The minimum absolute atomic E-state index is 0.482. The molecule has 2 atom stereocenters. The molecule has 15 heavy (non-hydrogen) atoms. The molecule has 0 amide bonds. The standard InChI is InChI=1S/C12H26N2O/c1-10(9-15-2)8-12(14-13)11-6-4-3-5-7-11/h10-12,14H,3-9,13H2,1-2H3. The van der Waals surface area contributed by atoms with Crippen LogP contribution in [0.3, 0.4) is 0 Å². The zero-order valence-electron chi connectivity index (χ0n) is 10.2. The summed E-state index contributed by atoms with van der Waals surface area (Å²) in [6.45, 7) is 3.07. The van der Waals surface area contributed by atoms with Crippen LogP contribution in [0.25, 0.3) is 0 Å². The second-order valence-electron chi connectivity index (χ2n) is 4.97. The molecule has 2 unspecified atom stereocenters. The van der Waals surface area contributed by atoms with Gasteiger partial charge in [-0.3, -0.25) is 11.3 Å². The Morgan fingerprint density at radius 2 is 2.00 bits per heavy atom. The summed E-state index contributed by atoms with van der Waals surface area (Å²) in [5.74, 6) is 7.03. The van der Waals surface area contributed by atoms with Crippen LogP contribution in [-0.2, 0) is 4.74 Å². The maximum Gasteiger partial charge on any atom is 0.0488 e. The van der Waals surface area contributed by atoms with Gasteiger partial charge >= 0.3 is 0 Å². The Bertz CT molecular complexity index is 158. The Balaban J connectivity index is 2.32. The fourth-order valence-corrected chi connectivity index (χ4v) is 2.72. The quantitative estimate of drug-likeness (QED) is 0.525. The van der Waals surface area contributed by atoms with Gasteiger partial charge in [-0.25, -0.2) is 0 Å². The van der Waals surface area contributed by atoms with Gasteiger partial charge in [0.1, 0.15) is 0 Å². The number of hydrogen-bond donors (Lipinski definition) is 2. The first-order chi connectivity index (χ1) is 7.27. The minimum atomic E-state index is 0.482. The number of nitrogens with one attached hydrogen (secondary N) is 1. The second-order valence-corrected chi connectivity index (χ2v) is 4.97. The first-order valence-electron chi connectivity index (χ1n) is 6.23. The largest absolute Gasteiger partial charge is 0.384 e. The molecule has 1 aliphatic rings. The van der Waals surface area contributed by atoms with E-state index in [-0.39, 0.29) is 0 Å². The Kier molecular flexibility index (Phi) is 6.22. The minimum Gasteiger partial charge on any atom is -0.384 e. The van der Waals surface area contributed by atoms with Crippen molar-refractivity contribution in [2.45, 2.75) is 51.5 Å². The molecule has 90 valence electrons. The SMILES string of the molecule is COCC(C)CC(NN)C1CCCCC1. The normalized spacial score (nSPS) is 22.6. The van der Waals surface area contributed by atoms with Crippen molar-refractivity contribution in [3.8, 4) is 0 Å². The van der Waals surface area contributed by atoms with E-state index in [2.05, 4.69) is 12.3 Å². The van der Waals surface area contributed by atoms with Crippen LogP contribution >= 0.6 is 0 Å². The summed E-state index contributed by atoms with van der Waals surface area (Å²) < 4.78 is 5.17. The van der Waals surface area contributed by atoms with Crippen LogP contribution in [0.1, 0.15) is 45.4 Å². The van der Waals surface area contributed by atoms with E-state index in [4.69, 9.17) is 10.6 Å². The van der Waals surface area contributed by atoms with Crippen molar-refractivity contribution >= 4 is 0 Å². The smallest absolute Gasteiger partial charge is 0.0488 e. The van der Waals surface area contributed by atoms with E-state index in [0.29, 0.717) is 12.0 Å². The number of nitrogens with two attached hydrogens (primary N) is 1. The third kappa shape index (κ3) is 4.49. The monoisotopic (exact) mass is 214 g/mol. The van der Waals surface area contributed by atoms with Gasteiger partial charge in [0.15, 0.2) is 0 Å². The van der Waals surface area contributed by atoms with Crippen LogP contribution in [0, 0.1) is 11.8 Å². The van der Waals surface area contributed by atoms with Gasteiger partial charge in [0.05, 0.1) is 0 Å². The predicted molar refractivity (Wildman–Crippen MR) is 63.3 cm³/mol. The van der Waals surface area contributed by atoms with Crippen molar-refractivity contribution in [1.29, 1.82) is 0 Å². The summed E-state index contributed by atoms with van der Waals surface area (Å²) in [7, 11) is 1.77. The average Bonchev–Trinajstić information content (AvgIpc) is 2.27. The summed E-state index contributed by atoms with van der Waals surface area (Å²) >= 11 is 0. The van der Waals surface area contributed by atoms with Gasteiger partial charge < -0.3 is 4.74 Å². The molecule has 0 heterocycles. The lowest BCUT2D eigenvalue weighted by Crippen LogP contribution is -2.43. The van der Waals surface area contributed by atoms with Crippen molar-refractivity contribution < 1.29 is 4.74 Å². The molecule has 3 nitrogen and oxygen atoms in total. The highest BCUT2D eigenvalue weighted by Crippen LogP contribution is 2.28. The van der Waals surface area contributed by atoms with Crippen LogP contribution in [0.4, 0.5) is 0 Å². The summed E-state index contributed by atoms with van der Waals surface area (Å²) in [6.07, 6.45) is 7.97. The Morgan fingerprint density at radius 3 is 2.53 bits per heavy atom. The maximum atomic E-state index is 5.66. The molecule has 1 aliphatic carbocycles. The average molecular weight is 214 g/mol. The molecule has 3 N–H and O–H groups in total. The van der Waals surface area contributed by atoms with E-state index < -0.39 is 0 Å². The molecule has 0 aliphatic heterocycles. The second kappa shape index (κ2) is 7.20. The van der Waals surface area contributed by atoms with Crippen molar-refractivity contribution in [3.63, 3.8) is 0 Å². The lowest BCUT2D eigenvalue weighted by Gasteiger charge is -2.31. The molecule has 0 aromatic heterocycles. The first-order valence-corrected chi connectivity index (χ1v) is 6.23. The number of rotatable bonds is 6. The van der Waals surface area contributed by atoms with Crippen LogP contribution in [-0.4, -0.2) is 19.8 Å². The van der Waals surface area contributed by atoms with Gasteiger partial charge in [-0.2, -0.15) is 0 Å². The molecule has 0 bridgehead atoms. The lowest BCUT2D eigenvalue weighted by molar-refractivity contribution is 0.137. The third-order valence-corrected chi connectivity index (χ3v) is 3.54. The number of ether oxygens (including phenoxy) is 1. The molecule has 0 radical (unpaired) electrons. The number of hydrogen-bond acceptors (Lipinski definition) is 3. The maximum absolute atomic E-state index is 5.66. The molecule has 0 saturated heterocycles. The van der Waals surface area contributed by atoms with Crippen molar-refractivity contribution in [1.82, 2.24) is 5.43 Å². The van der Waals surface area contributed by atoms with E-state index in [9.17, 15) is 0 Å². The van der Waals surface area contributed by atoms with Crippen molar-refractivity contribution in [2.75, 3.05) is 13.7 Å². The fraction of sp³-hybridized carbons (Fsp3) is 1.00. The van der Waals surface area contributed by atoms with E-state index in [1.54, 1.807) is 7.11 Å². The molecule has 0 aromatic carbocycles. The molecular weight excluding hydrogens is 188 g/mol. The zero-order valence-corrected chi connectivity index (χ0v) is 10.2. The van der Waals surface area contributed by atoms with E-state index in [1.807, 2.05) is 0 Å². The molecule has 0 aromatic rings. The molecule has 1 saturated carbocycles. The van der Waals surface area contributed by atoms with Gasteiger partial charge in [0.2, 0.25) is 0 Å². The number of hydrazine groups is 1. The van der Waals surface area contributed by atoms with Crippen LogP contribution < -0.4 is 11.3 Å². The predicted octanol–water partition coefficient (Wildman–Crippen LogP) is 2.07. The Labute approximate surface area is 93.7 Å². The lowest BCUT2D eigenvalue weighted by atomic mass is 9.81. The number of methoxy groups -OCH3 is 1. The Hall–Kier alpha value is -0.120. The van der Waals surface area contributed by atoms with Crippen molar-refractivity contribution in [2.24, 2.45) is 17.7 Å². The summed E-state index contributed by atoms with van der Waals surface area (Å²) in [6, 6.07) is 0.482.